The Morgan fingerprint density at radius 3 is 2.52 bits per heavy atom. The first-order chi connectivity index (χ1) is 15.0. The van der Waals surface area contributed by atoms with E-state index in [4.69, 9.17) is 16.3 Å². The molecule has 0 unspecified atom stereocenters. The average molecular weight is 432 g/mol. The summed E-state index contributed by atoms with van der Waals surface area (Å²) in [7, 11) is 0. The molecular formula is C23H14ClN3O4. The van der Waals surface area contributed by atoms with E-state index in [-0.39, 0.29) is 16.3 Å². The minimum absolute atomic E-state index is 0.0438. The van der Waals surface area contributed by atoms with E-state index in [1.165, 1.54) is 6.07 Å². The number of para-hydroxylation sites is 1. The lowest BCUT2D eigenvalue weighted by Gasteiger charge is -2.11. The number of aromatic nitrogens is 3. The van der Waals surface area contributed by atoms with Crippen LogP contribution >= 0.6 is 11.6 Å². The van der Waals surface area contributed by atoms with E-state index < -0.39 is 16.9 Å². The van der Waals surface area contributed by atoms with Crippen molar-refractivity contribution in [3.05, 3.63) is 98.4 Å². The Hall–Kier alpha value is -4.10. The Kier molecular flexibility index (Phi) is 4.45. The number of pyridine rings is 1. The third kappa shape index (κ3) is 3.31. The summed E-state index contributed by atoms with van der Waals surface area (Å²) in [6, 6.07) is 20.5. The van der Waals surface area contributed by atoms with Crippen LogP contribution in [0.4, 0.5) is 0 Å². The normalized spacial score (nSPS) is 11.1. The molecule has 31 heavy (non-hydrogen) atoms. The molecule has 0 saturated carbocycles. The van der Waals surface area contributed by atoms with Gasteiger partial charge in [0.15, 0.2) is 0 Å². The Morgan fingerprint density at radius 1 is 0.935 bits per heavy atom. The maximum absolute atomic E-state index is 13.2. The number of H-pyrrole nitrogens is 1. The average Bonchev–Trinajstić information content (AvgIpc) is 2.77. The number of nitrogens with zero attached hydrogens (tertiary/aromatic N) is 2. The van der Waals surface area contributed by atoms with Gasteiger partial charge in [-0.25, -0.2) is 0 Å². The molecule has 3 aromatic carbocycles. The molecule has 0 atom stereocenters. The second-order valence-electron chi connectivity index (χ2n) is 6.85. The first kappa shape index (κ1) is 18.9. The number of benzene rings is 3. The van der Waals surface area contributed by atoms with Gasteiger partial charge in [-0.15, -0.1) is 5.10 Å². The molecular weight excluding hydrogens is 418 g/mol. The summed E-state index contributed by atoms with van der Waals surface area (Å²) in [5, 5.41) is 15.0. The maximum atomic E-state index is 13.2. The van der Waals surface area contributed by atoms with Crippen molar-refractivity contribution in [2.75, 3.05) is 0 Å². The zero-order valence-corrected chi connectivity index (χ0v) is 16.6. The summed E-state index contributed by atoms with van der Waals surface area (Å²) in [6.45, 7) is 0. The Bertz CT molecular complexity index is 1580. The third-order valence-corrected chi connectivity index (χ3v) is 5.06. The second kappa shape index (κ2) is 7.30. The number of fused-ring (bicyclic) bond motifs is 2. The lowest BCUT2D eigenvalue weighted by atomic mass is 10.1. The highest BCUT2D eigenvalue weighted by molar-refractivity contribution is 6.31. The second-order valence-corrected chi connectivity index (χ2v) is 7.28. The van der Waals surface area contributed by atoms with Gasteiger partial charge in [0.05, 0.1) is 11.2 Å². The predicted octanol–water partition coefficient (Wildman–Crippen LogP) is 4.38. The van der Waals surface area contributed by atoms with Crippen molar-refractivity contribution in [2.24, 2.45) is 0 Å². The lowest BCUT2D eigenvalue weighted by Crippen LogP contribution is -2.26. The van der Waals surface area contributed by atoms with Crippen LogP contribution in [0, 0.1) is 0 Å². The van der Waals surface area contributed by atoms with Crippen molar-refractivity contribution in [2.45, 2.75) is 0 Å². The van der Waals surface area contributed by atoms with Crippen LogP contribution in [-0.4, -0.2) is 19.9 Å². The van der Waals surface area contributed by atoms with Gasteiger partial charge in [-0.2, -0.15) is 4.68 Å². The molecule has 0 amide bonds. The highest BCUT2D eigenvalue weighted by atomic mass is 35.5. The largest absolute Gasteiger partial charge is 0.491 e. The van der Waals surface area contributed by atoms with Gasteiger partial charge in [-0.3, -0.25) is 9.59 Å². The first-order valence-electron chi connectivity index (χ1n) is 9.32. The molecule has 2 N–H and O–H groups in total. The van der Waals surface area contributed by atoms with E-state index >= 15 is 0 Å². The van der Waals surface area contributed by atoms with Gasteiger partial charge in [0.1, 0.15) is 22.4 Å². The molecule has 0 aliphatic heterocycles. The summed E-state index contributed by atoms with van der Waals surface area (Å²) < 4.78 is 6.78. The number of hydrogen-bond acceptors (Lipinski definition) is 5. The van der Waals surface area contributed by atoms with Crippen molar-refractivity contribution >= 4 is 33.4 Å². The summed E-state index contributed by atoms with van der Waals surface area (Å²) in [5.74, 6) is 0.616. The van der Waals surface area contributed by atoms with Gasteiger partial charge in [0.25, 0.3) is 11.4 Å². The van der Waals surface area contributed by atoms with E-state index in [1.807, 2.05) is 18.2 Å². The molecule has 2 heterocycles. The minimum atomic E-state index is -0.664. The molecule has 0 aliphatic carbocycles. The van der Waals surface area contributed by atoms with Crippen molar-refractivity contribution in [1.82, 2.24) is 14.8 Å². The van der Waals surface area contributed by atoms with Crippen LogP contribution in [0.2, 0.25) is 5.02 Å². The summed E-state index contributed by atoms with van der Waals surface area (Å²) in [5.41, 5.74) is -0.488. The first-order valence-corrected chi connectivity index (χ1v) is 9.70. The molecule has 0 fully saturated rings. The molecule has 5 aromatic rings. The summed E-state index contributed by atoms with van der Waals surface area (Å²) >= 11 is 5.99. The van der Waals surface area contributed by atoms with Crippen LogP contribution in [-0.2, 0) is 0 Å². The minimum Gasteiger partial charge on any atom is -0.491 e. The molecule has 8 heteroatoms. The standard InChI is InChI=1S/C23H14ClN3O4/c24-13-9-10-17-18(11-13)25-20-19(21(17)28)23(30)27(26-22(20)29)14-5-4-8-16(12-14)31-15-6-2-1-3-7-15/h1-12H,(H,25,28)(H,26,29). The van der Waals surface area contributed by atoms with Gasteiger partial charge >= 0.3 is 0 Å². The van der Waals surface area contributed by atoms with Gasteiger partial charge < -0.3 is 14.8 Å². The lowest BCUT2D eigenvalue weighted by molar-refractivity contribution is 0.442. The number of hydrogen-bond donors (Lipinski definition) is 2. The molecule has 0 saturated heterocycles. The van der Waals surface area contributed by atoms with E-state index in [2.05, 4.69) is 10.1 Å². The molecule has 0 aliphatic rings. The molecule has 0 radical (unpaired) electrons. The van der Waals surface area contributed by atoms with Crippen LogP contribution in [0.25, 0.3) is 27.5 Å². The number of aromatic amines is 1. The Morgan fingerprint density at radius 2 is 1.71 bits per heavy atom. The molecule has 0 spiro atoms. The molecule has 5 rings (SSSR count). The van der Waals surface area contributed by atoms with Crippen molar-refractivity contribution in [3.63, 3.8) is 0 Å². The van der Waals surface area contributed by atoms with Crippen molar-refractivity contribution in [1.29, 1.82) is 0 Å². The predicted molar refractivity (Wildman–Crippen MR) is 119 cm³/mol. The number of aromatic hydroxyl groups is 1. The Labute approximate surface area is 179 Å². The molecule has 152 valence electrons. The van der Waals surface area contributed by atoms with Crippen LogP contribution in [0.5, 0.6) is 17.4 Å². The fraction of sp³-hybridized carbons (Fsp3) is 0. The van der Waals surface area contributed by atoms with Crippen LogP contribution < -0.4 is 15.7 Å². The van der Waals surface area contributed by atoms with Gasteiger partial charge in [0.2, 0.25) is 5.43 Å². The van der Waals surface area contributed by atoms with Crippen molar-refractivity contribution in [3.8, 4) is 23.1 Å². The quantitative estimate of drug-likeness (QED) is 0.413. The summed E-state index contributed by atoms with van der Waals surface area (Å²) in [4.78, 5) is 29.1. The SMILES string of the molecule is O=c1c2ccc(Cl)cc2[nH]c2c(O)nn(-c3cccc(Oc4ccccc4)c3)c(=O)c12. The highest BCUT2D eigenvalue weighted by Crippen LogP contribution is 2.25. The maximum Gasteiger partial charge on any atom is 0.285 e. The molecule has 7 nitrogen and oxygen atoms in total. The zero-order valence-electron chi connectivity index (χ0n) is 15.9. The van der Waals surface area contributed by atoms with Gasteiger partial charge in [-0.05, 0) is 42.5 Å². The topological polar surface area (TPSA) is 97.2 Å². The molecule has 0 bridgehead atoms. The Balaban J connectivity index is 1.70. The monoisotopic (exact) mass is 431 g/mol. The van der Waals surface area contributed by atoms with Crippen LogP contribution in [0.1, 0.15) is 0 Å². The highest BCUT2D eigenvalue weighted by Gasteiger charge is 2.17. The van der Waals surface area contributed by atoms with Gasteiger partial charge in [-0.1, -0.05) is 35.9 Å². The van der Waals surface area contributed by atoms with E-state index in [1.54, 1.807) is 48.5 Å². The van der Waals surface area contributed by atoms with Crippen LogP contribution in [0.3, 0.4) is 0 Å². The number of nitrogens with one attached hydrogen (secondary N) is 1. The zero-order chi connectivity index (χ0) is 21.5. The summed E-state index contributed by atoms with van der Waals surface area (Å²) in [6.07, 6.45) is 0. The van der Waals surface area contributed by atoms with E-state index in [0.29, 0.717) is 27.7 Å². The number of ether oxygens (including phenoxy) is 1. The van der Waals surface area contributed by atoms with Crippen molar-refractivity contribution < 1.29 is 9.84 Å². The number of rotatable bonds is 3. The number of halogens is 1. The fourth-order valence-electron chi connectivity index (χ4n) is 3.41. The fourth-order valence-corrected chi connectivity index (χ4v) is 3.58. The van der Waals surface area contributed by atoms with Crippen LogP contribution in [0.15, 0.2) is 82.4 Å². The van der Waals surface area contributed by atoms with E-state index in [0.717, 1.165) is 4.68 Å². The molecule has 2 aromatic heterocycles. The van der Waals surface area contributed by atoms with Gasteiger partial charge in [0, 0.05) is 16.5 Å². The van der Waals surface area contributed by atoms with E-state index in [9.17, 15) is 14.7 Å². The smallest absolute Gasteiger partial charge is 0.285 e. The third-order valence-electron chi connectivity index (χ3n) is 4.83.